The monoisotopic (exact) mass is 368 g/mol. The van der Waals surface area contributed by atoms with Crippen molar-refractivity contribution >= 4 is 15.7 Å². The van der Waals surface area contributed by atoms with E-state index < -0.39 is 20.5 Å². The van der Waals surface area contributed by atoms with Crippen molar-refractivity contribution in [1.29, 1.82) is 0 Å². The lowest BCUT2D eigenvalue weighted by atomic mass is 10.0. The minimum absolute atomic E-state index is 0.0600. The molecule has 2 N–H and O–H groups in total. The van der Waals surface area contributed by atoms with Crippen LogP contribution in [0.1, 0.15) is 19.1 Å². The first-order valence-corrected chi connectivity index (χ1v) is 9.34. The van der Waals surface area contributed by atoms with Crippen LogP contribution in [0.3, 0.4) is 0 Å². The fourth-order valence-corrected chi connectivity index (χ4v) is 3.13. The van der Waals surface area contributed by atoms with Crippen molar-refractivity contribution in [3.63, 3.8) is 0 Å². The molecule has 0 fully saturated rings. The Kier molecular flexibility index (Phi) is 5.48. The van der Waals surface area contributed by atoms with Crippen molar-refractivity contribution in [3.8, 4) is 17.0 Å². The number of hydrogen-bond acceptors (Lipinski definition) is 7. The van der Waals surface area contributed by atoms with Gasteiger partial charge < -0.3 is 9.26 Å². The summed E-state index contributed by atoms with van der Waals surface area (Å²) in [6.45, 7) is 1.26. The maximum atomic E-state index is 11.9. The molecular weight excluding hydrogens is 348 g/mol. The lowest BCUT2D eigenvalue weighted by Gasteiger charge is -2.24. The number of carbonyl (C=O) groups excluding carboxylic acids is 1. The molecule has 1 aromatic carbocycles. The van der Waals surface area contributed by atoms with Gasteiger partial charge in [0.2, 0.25) is 0 Å². The molecule has 25 heavy (non-hydrogen) atoms. The maximum absolute atomic E-state index is 11.9. The van der Waals surface area contributed by atoms with Crippen molar-refractivity contribution in [2.24, 2.45) is 0 Å². The van der Waals surface area contributed by atoms with Crippen LogP contribution in [-0.4, -0.2) is 42.8 Å². The summed E-state index contributed by atoms with van der Waals surface area (Å²) in [7, 11) is -2.17. The topological polar surface area (TPSA) is 119 Å². The maximum Gasteiger partial charge on any atom is 0.264 e. The van der Waals surface area contributed by atoms with Crippen molar-refractivity contribution in [2.75, 3.05) is 13.4 Å². The van der Waals surface area contributed by atoms with Crippen LogP contribution in [0, 0.1) is 0 Å². The Morgan fingerprint density at radius 3 is 2.52 bits per heavy atom. The van der Waals surface area contributed by atoms with Gasteiger partial charge in [-0.1, -0.05) is 5.16 Å². The molecule has 1 amide bonds. The van der Waals surface area contributed by atoms with Crippen LogP contribution in [0.5, 0.6) is 5.75 Å². The summed E-state index contributed by atoms with van der Waals surface area (Å²) < 4.78 is 32.4. The van der Waals surface area contributed by atoms with Gasteiger partial charge >= 0.3 is 0 Å². The number of hydrogen-bond donors (Lipinski definition) is 2. The third kappa shape index (κ3) is 3.99. The number of ether oxygens (including phenoxy) is 1. The number of sulfone groups is 1. The predicted molar refractivity (Wildman–Crippen MR) is 90.0 cm³/mol. The number of carbonyl (C=O) groups is 1. The van der Waals surface area contributed by atoms with E-state index in [-0.39, 0.29) is 12.8 Å². The molecule has 8 nitrogen and oxygen atoms in total. The molecule has 2 aromatic rings. The Labute approximate surface area is 145 Å². The normalized spacial score (nSPS) is 13.9. The third-order valence-electron chi connectivity index (χ3n) is 4.19. The average molecular weight is 368 g/mol. The molecule has 0 bridgehead atoms. The first kappa shape index (κ1) is 18.9. The molecule has 136 valence electrons. The van der Waals surface area contributed by atoms with Gasteiger partial charge in [-0.25, -0.2) is 13.9 Å². The fraction of sp³-hybridized carbons (Fsp3) is 0.375. The van der Waals surface area contributed by atoms with Gasteiger partial charge in [-0.3, -0.25) is 10.0 Å². The molecule has 0 aliphatic carbocycles. The van der Waals surface area contributed by atoms with Crippen LogP contribution < -0.4 is 10.2 Å². The van der Waals surface area contributed by atoms with E-state index in [1.54, 1.807) is 25.3 Å². The quantitative estimate of drug-likeness (QED) is 0.563. The second-order valence-corrected chi connectivity index (χ2v) is 8.30. The molecule has 0 saturated carbocycles. The molecule has 0 radical (unpaired) electrons. The van der Waals surface area contributed by atoms with Gasteiger partial charge in [-0.2, -0.15) is 0 Å². The third-order valence-corrected chi connectivity index (χ3v) is 6.22. The standard InChI is InChI=1S/C16H20N2O6S/c1-16(15(19)17-20,25(3,21)22)9-8-13-10-14(18-24-13)11-4-6-12(23-2)7-5-11/h4-7,10,20H,8-9H2,1-3H3,(H,17,19). The number of nitrogens with one attached hydrogen (secondary N) is 1. The Hall–Kier alpha value is -2.39. The molecule has 0 aliphatic heterocycles. The lowest BCUT2D eigenvalue weighted by molar-refractivity contribution is -0.131. The van der Waals surface area contributed by atoms with Crippen LogP contribution >= 0.6 is 0 Å². The predicted octanol–water partition coefficient (Wildman–Crippen LogP) is 1.59. The molecule has 1 heterocycles. The van der Waals surface area contributed by atoms with E-state index >= 15 is 0 Å². The molecular formula is C16H20N2O6S. The van der Waals surface area contributed by atoms with Crippen LogP contribution in [0.4, 0.5) is 0 Å². The number of aryl methyl sites for hydroxylation is 1. The molecule has 1 unspecified atom stereocenters. The van der Waals surface area contributed by atoms with E-state index in [0.29, 0.717) is 17.2 Å². The smallest absolute Gasteiger partial charge is 0.264 e. The molecule has 1 atom stereocenters. The Morgan fingerprint density at radius 2 is 2.00 bits per heavy atom. The minimum Gasteiger partial charge on any atom is -0.497 e. The van der Waals surface area contributed by atoms with Crippen LogP contribution in [0.15, 0.2) is 34.9 Å². The van der Waals surface area contributed by atoms with E-state index in [0.717, 1.165) is 11.8 Å². The summed E-state index contributed by atoms with van der Waals surface area (Å²) >= 11 is 0. The summed E-state index contributed by atoms with van der Waals surface area (Å²) in [5.74, 6) is 0.169. The highest BCUT2D eigenvalue weighted by Gasteiger charge is 2.43. The zero-order chi connectivity index (χ0) is 18.7. The van der Waals surface area contributed by atoms with Gasteiger partial charge in [0.1, 0.15) is 22.0 Å². The van der Waals surface area contributed by atoms with Crippen molar-refractivity contribution in [2.45, 2.75) is 24.5 Å². The van der Waals surface area contributed by atoms with Gasteiger partial charge in [-0.15, -0.1) is 0 Å². The largest absolute Gasteiger partial charge is 0.497 e. The zero-order valence-electron chi connectivity index (χ0n) is 14.1. The second-order valence-electron chi connectivity index (χ2n) is 5.85. The number of amides is 1. The number of benzene rings is 1. The van der Waals surface area contributed by atoms with Crippen molar-refractivity contribution in [3.05, 3.63) is 36.1 Å². The van der Waals surface area contributed by atoms with Crippen molar-refractivity contribution < 1.29 is 27.7 Å². The second kappa shape index (κ2) is 7.24. The highest BCUT2D eigenvalue weighted by molar-refractivity contribution is 7.92. The van der Waals surface area contributed by atoms with Gasteiger partial charge in [-0.05, 0) is 37.6 Å². The number of methoxy groups -OCH3 is 1. The Balaban J connectivity index is 2.16. The molecule has 1 aromatic heterocycles. The fourth-order valence-electron chi connectivity index (χ4n) is 2.28. The van der Waals surface area contributed by atoms with Crippen LogP contribution in [0.2, 0.25) is 0 Å². The van der Waals surface area contributed by atoms with E-state index in [1.807, 2.05) is 12.1 Å². The van der Waals surface area contributed by atoms with Crippen molar-refractivity contribution in [1.82, 2.24) is 10.6 Å². The first-order chi connectivity index (χ1) is 11.7. The summed E-state index contributed by atoms with van der Waals surface area (Å²) in [5, 5.41) is 12.8. The van der Waals surface area contributed by atoms with Crippen LogP contribution in [0.25, 0.3) is 11.3 Å². The SMILES string of the molecule is COc1ccc(-c2cc(CCC(C)(C(=O)NO)S(C)(=O)=O)on2)cc1. The summed E-state index contributed by atoms with van der Waals surface area (Å²) in [4.78, 5) is 11.8. The number of rotatable bonds is 7. The first-order valence-electron chi connectivity index (χ1n) is 7.45. The van der Waals surface area contributed by atoms with E-state index in [1.165, 1.54) is 12.4 Å². The number of aromatic nitrogens is 1. The van der Waals surface area contributed by atoms with Gasteiger partial charge in [0.15, 0.2) is 9.84 Å². The van der Waals surface area contributed by atoms with Gasteiger partial charge in [0, 0.05) is 24.3 Å². The highest BCUT2D eigenvalue weighted by Crippen LogP contribution is 2.26. The van der Waals surface area contributed by atoms with E-state index in [4.69, 9.17) is 14.5 Å². The van der Waals surface area contributed by atoms with Gasteiger partial charge in [0.25, 0.3) is 5.91 Å². The van der Waals surface area contributed by atoms with E-state index in [9.17, 15) is 13.2 Å². The molecule has 0 aliphatic rings. The lowest BCUT2D eigenvalue weighted by Crippen LogP contribution is -2.49. The average Bonchev–Trinajstić information content (AvgIpc) is 3.07. The van der Waals surface area contributed by atoms with E-state index in [2.05, 4.69) is 5.16 Å². The number of hydroxylamine groups is 1. The summed E-state index contributed by atoms with van der Waals surface area (Å²) in [6.07, 6.45) is 1.06. The molecule has 0 spiro atoms. The molecule has 0 saturated heterocycles. The highest BCUT2D eigenvalue weighted by atomic mass is 32.2. The van der Waals surface area contributed by atoms with Crippen LogP contribution in [-0.2, 0) is 21.1 Å². The summed E-state index contributed by atoms with van der Waals surface area (Å²) in [5.41, 5.74) is 2.82. The Morgan fingerprint density at radius 1 is 1.36 bits per heavy atom. The minimum atomic E-state index is -3.75. The molecule has 2 rings (SSSR count). The molecule has 9 heteroatoms. The zero-order valence-corrected chi connectivity index (χ0v) is 15.0. The Bertz CT molecular complexity index is 844. The summed E-state index contributed by atoms with van der Waals surface area (Å²) in [6, 6.07) is 8.90. The van der Waals surface area contributed by atoms with Gasteiger partial charge in [0.05, 0.1) is 7.11 Å². The number of nitrogens with zero attached hydrogens (tertiary/aromatic N) is 1.